The predicted molar refractivity (Wildman–Crippen MR) is 59.2 cm³/mol. The fraction of sp³-hybridized carbons (Fsp3) is 0.500. The lowest BCUT2D eigenvalue weighted by Gasteiger charge is -2.19. The molecule has 2 rings (SSSR count). The number of hydrogen-bond donors (Lipinski definition) is 2. The van der Waals surface area contributed by atoms with E-state index in [2.05, 4.69) is 17.6 Å². The molecule has 0 bridgehead atoms. The van der Waals surface area contributed by atoms with Gasteiger partial charge in [-0.25, -0.2) is 4.39 Å². The summed E-state index contributed by atoms with van der Waals surface area (Å²) in [7, 11) is 0. The highest BCUT2D eigenvalue weighted by Gasteiger charge is 2.16. The Morgan fingerprint density at radius 2 is 2.13 bits per heavy atom. The van der Waals surface area contributed by atoms with Crippen LogP contribution in [0.1, 0.15) is 24.9 Å². The molecule has 15 heavy (non-hydrogen) atoms. The van der Waals surface area contributed by atoms with E-state index in [1.54, 1.807) is 0 Å². The normalized spacial score (nSPS) is 22.9. The second-order valence-corrected chi connectivity index (χ2v) is 4.13. The number of hydrogen-bond acceptors (Lipinski definition) is 2. The lowest BCUT2D eigenvalue weighted by molar-refractivity contribution is 0.478. The van der Waals surface area contributed by atoms with Crippen LogP contribution in [0.3, 0.4) is 0 Å². The minimum Gasteiger partial charge on any atom is -0.315 e. The molecule has 2 atom stereocenters. The molecule has 3 heteroatoms. The van der Waals surface area contributed by atoms with E-state index in [1.165, 1.54) is 18.6 Å². The van der Waals surface area contributed by atoms with Gasteiger partial charge in [-0.1, -0.05) is 12.1 Å². The molecular weight excluding hydrogens is 191 g/mol. The number of nitrogens with one attached hydrogen (secondary N) is 2. The molecule has 1 aromatic rings. The molecule has 0 aromatic heterocycles. The topological polar surface area (TPSA) is 24.1 Å². The fourth-order valence-electron chi connectivity index (χ4n) is 2.00. The lowest BCUT2D eigenvalue weighted by atomic mass is 10.1. The third kappa shape index (κ3) is 2.76. The van der Waals surface area contributed by atoms with Crippen LogP contribution in [-0.4, -0.2) is 19.1 Å². The van der Waals surface area contributed by atoms with Gasteiger partial charge in [-0.05, 0) is 37.6 Å². The van der Waals surface area contributed by atoms with Crippen LogP contribution in [0.2, 0.25) is 0 Å². The zero-order valence-corrected chi connectivity index (χ0v) is 8.96. The van der Waals surface area contributed by atoms with Crippen molar-refractivity contribution in [2.75, 3.05) is 13.1 Å². The van der Waals surface area contributed by atoms with Crippen LogP contribution >= 0.6 is 0 Å². The Kier molecular flexibility index (Phi) is 3.34. The maximum atomic E-state index is 12.7. The summed E-state index contributed by atoms with van der Waals surface area (Å²) in [5.41, 5.74) is 1.14. The van der Waals surface area contributed by atoms with E-state index in [4.69, 9.17) is 0 Å². The molecule has 0 radical (unpaired) electrons. The maximum absolute atomic E-state index is 12.7. The smallest absolute Gasteiger partial charge is 0.123 e. The van der Waals surface area contributed by atoms with E-state index < -0.39 is 0 Å². The second-order valence-electron chi connectivity index (χ2n) is 4.13. The molecule has 1 unspecified atom stereocenters. The predicted octanol–water partition coefficient (Wildman–Crippen LogP) is 1.84. The van der Waals surface area contributed by atoms with Crippen molar-refractivity contribution in [1.29, 1.82) is 0 Å². The summed E-state index contributed by atoms with van der Waals surface area (Å²) in [5, 5.41) is 6.85. The van der Waals surface area contributed by atoms with Gasteiger partial charge in [-0.3, -0.25) is 0 Å². The average Bonchev–Trinajstić information content (AvgIpc) is 2.71. The molecule has 2 N–H and O–H groups in total. The Hall–Kier alpha value is -0.930. The Labute approximate surface area is 89.9 Å². The zero-order valence-electron chi connectivity index (χ0n) is 8.96. The molecule has 1 heterocycles. The molecule has 1 aromatic carbocycles. The third-order valence-corrected chi connectivity index (χ3v) is 2.92. The first-order valence-electron chi connectivity index (χ1n) is 5.48. The maximum Gasteiger partial charge on any atom is 0.123 e. The molecule has 0 saturated carbocycles. The van der Waals surface area contributed by atoms with Crippen molar-refractivity contribution in [1.82, 2.24) is 10.6 Å². The highest BCUT2D eigenvalue weighted by molar-refractivity contribution is 5.19. The molecule has 82 valence electrons. The van der Waals surface area contributed by atoms with Crippen molar-refractivity contribution >= 4 is 0 Å². The summed E-state index contributed by atoms with van der Waals surface area (Å²) in [5.74, 6) is -0.173. The zero-order chi connectivity index (χ0) is 10.7. The van der Waals surface area contributed by atoms with Gasteiger partial charge in [0.2, 0.25) is 0 Å². The summed E-state index contributed by atoms with van der Waals surface area (Å²) in [6.45, 7) is 4.24. The number of rotatable bonds is 3. The molecule has 0 aliphatic carbocycles. The monoisotopic (exact) mass is 208 g/mol. The highest BCUT2D eigenvalue weighted by atomic mass is 19.1. The summed E-state index contributed by atoms with van der Waals surface area (Å²) in [6, 6.07) is 7.55. The van der Waals surface area contributed by atoms with Crippen molar-refractivity contribution < 1.29 is 4.39 Å². The van der Waals surface area contributed by atoms with Gasteiger partial charge >= 0.3 is 0 Å². The van der Waals surface area contributed by atoms with Crippen molar-refractivity contribution in [3.05, 3.63) is 35.6 Å². The quantitative estimate of drug-likeness (QED) is 0.792. The van der Waals surface area contributed by atoms with E-state index in [-0.39, 0.29) is 11.9 Å². The van der Waals surface area contributed by atoms with E-state index in [0.29, 0.717) is 6.04 Å². The van der Waals surface area contributed by atoms with Crippen LogP contribution < -0.4 is 10.6 Å². The molecular formula is C12H17FN2. The fourth-order valence-corrected chi connectivity index (χ4v) is 2.00. The van der Waals surface area contributed by atoms with Gasteiger partial charge in [0.15, 0.2) is 0 Å². The first kappa shape index (κ1) is 10.6. The van der Waals surface area contributed by atoms with Gasteiger partial charge in [0.1, 0.15) is 5.82 Å². The number of halogens is 1. The van der Waals surface area contributed by atoms with Gasteiger partial charge in [0, 0.05) is 18.6 Å². The average molecular weight is 208 g/mol. The summed E-state index contributed by atoms with van der Waals surface area (Å²) < 4.78 is 12.7. The second kappa shape index (κ2) is 4.73. The summed E-state index contributed by atoms with van der Waals surface area (Å²) in [4.78, 5) is 0. The Bertz CT molecular complexity index is 304. The Morgan fingerprint density at radius 3 is 2.73 bits per heavy atom. The molecule has 2 nitrogen and oxygen atoms in total. The first-order chi connectivity index (χ1) is 7.25. The van der Waals surface area contributed by atoms with Gasteiger partial charge in [-0.2, -0.15) is 0 Å². The molecule has 0 amide bonds. The molecule has 1 saturated heterocycles. The molecule has 1 fully saturated rings. The van der Waals surface area contributed by atoms with Crippen LogP contribution in [0.15, 0.2) is 24.3 Å². The van der Waals surface area contributed by atoms with E-state index in [9.17, 15) is 4.39 Å². The minimum absolute atomic E-state index is 0.173. The van der Waals surface area contributed by atoms with Crippen molar-refractivity contribution in [2.24, 2.45) is 0 Å². The minimum atomic E-state index is -0.173. The van der Waals surface area contributed by atoms with Crippen molar-refractivity contribution in [2.45, 2.75) is 25.4 Å². The molecule has 1 aliphatic heterocycles. The largest absolute Gasteiger partial charge is 0.315 e. The van der Waals surface area contributed by atoms with Crippen molar-refractivity contribution in [3.63, 3.8) is 0 Å². The molecule has 1 aliphatic rings. The van der Waals surface area contributed by atoms with Crippen LogP contribution in [-0.2, 0) is 0 Å². The first-order valence-corrected chi connectivity index (χ1v) is 5.48. The van der Waals surface area contributed by atoms with Gasteiger partial charge in [0.25, 0.3) is 0 Å². The van der Waals surface area contributed by atoms with Crippen LogP contribution in [0.5, 0.6) is 0 Å². The van der Waals surface area contributed by atoms with E-state index in [1.807, 2.05) is 12.1 Å². The van der Waals surface area contributed by atoms with Gasteiger partial charge in [0.05, 0.1) is 0 Å². The molecule has 0 spiro atoms. The van der Waals surface area contributed by atoms with E-state index in [0.717, 1.165) is 18.7 Å². The van der Waals surface area contributed by atoms with Crippen LogP contribution in [0, 0.1) is 5.82 Å². The van der Waals surface area contributed by atoms with Gasteiger partial charge in [-0.15, -0.1) is 0 Å². The standard InChI is InChI=1S/C12H17FN2/c1-9(15-12-6-7-14-8-12)10-2-4-11(13)5-3-10/h2-5,9,12,14-15H,6-8H2,1H3/t9-,12?/m0/s1. The highest BCUT2D eigenvalue weighted by Crippen LogP contribution is 2.14. The third-order valence-electron chi connectivity index (χ3n) is 2.92. The Balaban J connectivity index is 1.94. The summed E-state index contributed by atoms with van der Waals surface area (Å²) >= 11 is 0. The van der Waals surface area contributed by atoms with Crippen LogP contribution in [0.4, 0.5) is 4.39 Å². The van der Waals surface area contributed by atoms with E-state index >= 15 is 0 Å². The van der Waals surface area contributed by atoms with Gasteiger partial charge < -0.3 is 10.6 Å². The lowest BCUT2D eigenvalue weighted by Crippen LogP contribution is -2.33. The summed E-state index contributed by atoms with van der Waals surface area (Å²) in [6.07, 6.45) is 1.17. The SMILES string of the molecule is C[C@H](NC1CCNC1)c1ccc(F)cc1. The number of benzene rings is 1. The Morgan fingerprint density at radius 1 is 1.40 bits per heavy atom. The van der Waals surface area contributed by atoms with Crippen LogP contribution in [0.25, 0.3) is 0 Å². The van der Waals surface area contributed by atoms with Crippen molar-refractivity contribution in [3.8, 4) is 0 Å².